The molecule has 1 aliphatic heterocycles. The summed E-state index contributed by atoms with van der Waals surface area (Å²) < 4.78 is 15.8. The number of hydrogen-bond acceptors (Lipinski definition) is 7. The molecule has 7 heteroatoms. The summed E-state index contributed by atoms with van der Waals surface area (Å²) in [7, 11) is 3.00. The zero-order chi connectivity index (χ0) is 12.3. The van der Waals surface area contributed by atoms with Crippen LogP contribution in [0.1, 0.15) is 12.7 Å². The number of nitrogens with one attached hydrogen (secondary N) is 1. The predicted molar refractivity (Wildman–Crippen MR) is 59.1 cm³/mol. The topological polar surface area (TPSA) is 78.4 Å². The van der Waals surface area contributed by atoms with Crippen LogP contribution in [-0.2, 0) is 10.3 Å². The molecule has 17 heavy (non-hydrogen) atoms. The Morgan fingerprint density at radius 1 is 1.18 bits per heavy atom. The summed E-state index contributed by atoms with van der Waals surface area (Å²) >= 11 is 0. The Morgan fingerprint density at radius 2 is 1.82 bits per heavy atom. The van der Waals surface area contributed by atoms with Gasteiger partial charge < -0.3 is 19.5 Å². The molecule has 1 N–H and O–H groups in total. The number of methoxy groups -OCH3 is 2. The Morgan fingerprint density at radius 3 is 2.29 bits per heavy atom. The van der Waals surface area contributed by atoms with Crippen LogP contribution in [0.25, 0.3) is 0 Å². The molecule has 1 aromatic heterocycles. The number of ether oxygens (including phenoxy) is 3. The van der Waals surface area contributed by atoms with Gasteiger partial charge in [-0.25, -0.2) is 0 Å². The molecule has 0 bridgehead atoms. The molecule has 1 aromatic rings. The highest BCUT2D eigenvalue weighted by Crippen LogP contribution is 2.25. The van der Waals surface area contributed by atoms with E-state index in [4.69, 9.17) is 14.2 Å². The summed E-state index contributed by atoms with van der Waals surface area (Å²) in [6, 6.07) is 0.449. The molecule has 1 saturated heterocycles. The van der Waals surface area contributed by atoms with Crippen LogP contribution in [0.15, 0.2) is 0 Å². The number of hydrogen-bond donors (Lipinski definition) is 1. The highest BCUT2D eigenvalue weighted by molar-refractivity contribution is 5.11. The van der Waals surface area contributed by atoms with Gasteiger partial charge in [0.1, 0.15) is 5.60 Å². The van der Waals surface area contributed by atoms with E-state index in [0.717, 1.165) is 6.54 Å². The second-order valence-electron chi connectivity index (χ2n) is 3.89. The maximum absolute atomic E-state index is 5.72. The smallest absolute Gasteiger partial charge is 0.322 e. The van der Waals surface area contributed by atoms with Crippen LogP contribution in [0, 0.1) is 0 Å². The fourth-order valence-electron chi connectivity index (χ4n) is 1.63. The average molecular weight is 240 g/mol. The van der Waals surface area contributed by atoms with Crippen molar-refractivity contribution >= 4 is 0 Å². The monoisotopic (exact) mass is 240 g/mol. The third kappa shape index (κ3) is 2.45. The number of nitrogens with zero attached hydrogens (tertiary/aromatic N) is 3. The van der Waals surface area contributed by atoms with Crippen molar-refractivity contribution in [3.05, 3.63) is 5.82 Å². The molecular weight excluding hydrogens is 224 g/mol. The Bertz CT molecular complexity index is 371. The SMILES string of the molecule is COc1nc(OC)nc(C2(C)CNCCO2)n1. The van der Waals surface area contributed by atoms with Gasteiger partial charge in [-0.3, -0.25) is 0 Å². The van der Waals surface area contributed by atoms with Crippen molar-refractivity contribution in [1.82, 2.24) is 20.3 Å². The minimum atomic E-state index is -0.582. The fourth-order valence-corrected chi connectivity index (χ4v) is 1.63. The van der Waals surface area contributed by atoms with E-state index >= 15 is 0 Å². The first-order chi connectivity index (χ1) is 8.18. The summed E-state index contributed by atoms with van der Waals surface area (Å²) in [4.78, 5) is 12.4. The minimum absolute atomic E-state index is 0.224. The van der Waals surface area contributed by atoms with Crippen molar-refractivity contribution in [1.29, 1.82) is 0 Å². The zero-order valence-electron chi connectivity index (χ0n) is 10.2. The van der Waals surface area contributed by atoms with E-state index in [1.165, 1.54) is 14.2 Å². The summed E-state index contributed by atoms with van der Waals surface area (Å²) in [5.74, 6) is 0.508. The summed E-state index contributed by atoms with van der Waals surface area (Å²) in [5, 5.41) is 3.24. The minimum Gasteiger partial charge on any atom is -0.467 e. The van der Waals surface area contributed by atoms with Gasteiger partial charge in [-0.2, -0.15) is 9.97 Å². The van der Waals surface area contributed by atoms with Gasteiger partial charge in [0.15, 0.2) is 5.82 Å². The van der Waals surface area contributed by atoms with Gasteiger partial charge in [0.2, 0.25) is 0 Å². The maximum Gasteiger partial charge on any atom is 0.322 e. The quantitative estimate of drug-likeness (QED) is 0.778. The summed E-state index contributed by atoms with van der Waals surface area (Å²) in [5.41, 5.74) is -0.582. The van der Waals surface area contributed by atoms with Crippen LogP contribution in [0.2, 0.25) is 0 Å². The third-order valence-corrected chi connectivity index (χ3v) is 2.59. The summed E-state index contributed by atoms with van der Waals surface area (Å²) in [6.45, 7) is 4.01. The molecule has 2 heterocycles. The molecule has 2 rings (SSSR count). The molecule has 1 fully saturated rings. The van der Waals surface area contributed by atoms with Crippen LogP contribution in [-0.4, -0.2) is 48.9 Å². The lowest BCUT2D eigenvalue weighted by Gasteiger charge is -2.32. The van der Waals surface area contributed by atoms with E-state index < -0.39 is 5.60 Å². The van der Waals surface area contributed by atoms with E-state index in [9.17, 15) is 0 Å². The normalized spacial score (nSPS) is 24.4. The van der Waals surface area contributed by atoms with Crippen molar-refractivity contribution in [3.8, 4) is 12.0 Å². The van der Waals surface area contributed by atoms with E-state index in [1.807, 2.05) is 6.92 Å². The van der Waals surface area contributed by atoms with E-state index in [1.54, 1.807) is 0 Å². The Hall–Kier alpha value is -1.47. The van der Waals surface area contributed by atoms with Gasteiger partial charge in [-0.05, 0) is 6.92 Å². The van der Waals surface area contributed by atoms with Gasteiger partial charge in [0, 0.05) is 13.1 Å². The molecule has 94 valence electrons. The molecule has 1 atom stereocenters. The number of morpholine rings is 1. The van der Waals surface area contributed by atoms with E-state index in [-0.39, 0.29) is 12.0 Å². The average Bonchev–Trinajstić information content (AvgIpc) is 2.39. The standard InChI is InChI=1S/C10H16N4O3/c1-10(6-11-4-5-17-10)7-12-8(15-2)14-9(13-7)16-3/h11H,4-6H2,1-3H3. The molecular formula is C10H16N4O3. The lowest BCUT2D eigenvalue weighted by atomic mass is 10.0. The lowest BCUT2D eigenvalue weighted by Crippen LogP contribution is -2.46. The molecule has 0 spiro atoms. The highest BCUT2D eigenvalue weighted by Gasteiger charge is 2.34. The molecule has 0 saturated carbocycles. The van der Waals surface area contributed by atoms with Crippen LogP contribution >= 0.6 is 0 Å². The molecule has 0 radical (unpaired) electrons. The van der Waals surface area contributed by atoms with Gasteiger partial charge in [0.05, 0.1) is 20.8 Å². The Kier molecular flexibility index (Phi) is 3.39. The molecule has 7 nitrogen and oxygen atoms in total. The summed E-state index contributed by atoms with van der Waals surface area (Å²) in [6.07, 6.45) is 0. The van der Waals surface area contributed by atoms with E-state index in [2.05, 4.69) is 20.3 Å². The van der Waals surface area contributed by atoms with Crippen molar-refractivity contribution in [2.24, 2.45) is 0 Å². The molecule has 1 aliphatic rings. The Labute approximate surface area is 99.5 Å². The van der Waals surface area contributed by atoms with Crippen LogP contribution < -0.4 is 14.8 Å². The molecule has 0 aliphatic carbocycles. The first-order valence-electron chi connectivity index (χ1n) is 5.37. The van der Waals surface area contributed by atoms with Gasteiger partial charge in [-0.15, -0.1) is 4.98 Å². The van der Waals surface area contributed by atoms with Crippen LogP contribution in [0.3, 0.4) is 0 Å². The lowest BCUT2D eigenvalue weighted by molar-refractivity contribution is -0.0640. The molecule has 0 aromatic carbocycles. The maximum atomic E-state index is 5.72. The number of aromatic nitrogens is 3. The first-order valence-corrected chi connectivity index (χ1v) is 5.37. The highest BCUT2D eigenvalue weighted by atomic mass is 16.5. The third-order valence-electron chi connectivity index (χ3n) is 2.59. The Balaban J connectivity index is 2.35. The molecule has 0 amide bonds. The van der Waals surface area contributed by atoms with Crippen molar-refractivity contribution < 1.29 is 14.2 Å². The second kappa shape index (κ2) is 4.80. The van der Waals surface area contributed by atoms with Crippen LogP contribution in [0.5, 0.6) is 12.0 Å². The molecule has 1 unspecified atom stereocenters. The largest absolute Gasteiger partial charge is 0.467 e. The van der Waals surface area contributed by atoms with Gasteiger partial charge >= 0.3 is 12.0 Å². The van der Waals surface area contributed by atoms with Crippen molar-refractivity contribution in [2.75, 3.05) is 33.9 Å². The van der Waals surface area contributed by atoms with Gasteiger partial charge in [-0.1, -0.05) is 0 Å². The van der Waals surface area contributed by atoms with E-state index in [0.29, 0.717) is 19.0 Å². The fraction of sp³-hybridized carbons (Fsp3) is 0.700. The second-order valence-corrected chi connectivity index (χ2v) is 3.89. The zero-order valence-corrected chi connectivity index (χ0v) is 10.2. The number of rotatable bonds is 3. The van der Waals surface area contributed by atoms with Crippen LogP contribution in [0.4, 0.5) is 0 Å². The van der Waals surface area contributed by atoms with Crippen molar-refractivity contribution in [2.45, 2.75) is 12.5 Å². The van der Waals surface area contributed by atoms with Crippen molar-refractivity contribution in [3.63, 3.8) is 0 Å². The first kappa shape index (κ1) is 12.0. The predicted octanol–water partition coefficient (Wildman–Crippen LogP) is -0.276. The van der Waals surface area contributed by atoms with Gasteiger partial charge in [0.25, 0.3) is 0 Å².